The summed E-state index contributed by atoms with van der Waals surface area (Å²) in [7, 11) is 0. The van der Waals surface area contributed by atoms with Gasteiger partial charge in [0, 0.05) is 31.0 Å². The van der Waals surface area contributed by atoms with E-state index >= 15 is 0 Å². The Hall–Kier alpha value is -4.21. The fourth-order valence-electron chi connectivity index (χ4n) is 3.85. The van der Waals surface area contributed by atoms with Crippen LogP contribution in [0.1, 0.15) is 5.56 Å². The van der Waals surface area contributed by atoms with Crippen molar-refractivity contribution in [3.05, 3.63) is 71.9 Å². The van der Waals surface area contributed by atoms with E-state index in [2.05, 4.69) is 10.3 Å². The van der Waals surface area contributed by atoms with Gasteiger partial charge in [0.2, 0.25) is 11.7 Å². The van der Waals surface area contributed by atoms with Gasteiger partial charge in [-0.3, -0.25) is 14.6 Å². The van der Waals surface area contributed by atoms with E-state index < -0.39 is 23.6 Å². The maximum absolute atomic E-state index is 14.8. The Labute approximate surface area is 193 Å². The fraction of sp³-hybridized carbons (Fsp3) is 0.208. The zero-order valence-corrected chi connectivity index (χ0v) is 18.0. The van der Waals surface area contributed by atoms with Crippen molar-refractivity contribution in [2.24, 2.45) is 0 Å². The molecule has 34 heavy (non-hydrogen) atoms. The Balaban J connectivity index is 1.26. The van der Waals surface area contributed by atoms with Crippen LogP contribution in [0.4, 0.5) is 25.1 Å². The Bertz CT molecular complexity index is 1250. The number of pyridine rings is 1. The summed E-state index contributed by atoms with van der Waals surface area (Å²) in [6, 6.07) is 10.8. The first kappa shape index (κ1) is 21.6. The molecule has 0 radical (unpaired) electrons. The van der Waals surface area contributed by atoms with Crippen molar-refractivity contribution in [1.82, 2.24) is 9.88 Å². The lowest BCUT2D eigenvalue weighted by molar-refractivity contribution is -0.126. The van der Waals surface area contributed by atoms with E-state index in [-0.39, 0.29) is 18.7 Å². The number of nitrogens with one attached hydrogen (secondary N) is 1. The lowest BCUT2D eigenvalue weighted by Gasteiger charge is -2.20. The van der Waals surface area contributed by atoms with Crippen LogP contribution in [0, 0.1) is 11.6 Å². The molecule has 8 nitrogen and oxygen atoms in total. The van der Waals surface area contributed by atoms with Gasteiger partial charge in [0.1, 0.15) is 12.4 Å². The average Bonchev–Trinajstić information content (AvgIpc) is 3.23. The highest BCUT2D eigenvalue weighted by Gasteiger charge is 2.34. The third-order valence-electron chi connectivity index (χ3n) is 5.53. The Morgan fingerprint density at radius 2 is 1.91 bits per heavy atom. The Morgan fingerprint density at radius 1 is 1.09 bits per heavy atom. The molecule has 5 rings (SSSR count). The lowest BCUT2D eigenvalue weighted by atomic mass is 10.1. The minimum Gasteiger partial charge on any atom is -0.485 e. The van der Waals surface area contributed by atoms with Gasteiger partial charge < -0.3 is 14.8 Å². The van der Waals surface area contributed by atoms with Crippen LogP contribution in [0.2, 0.25) is 0 Å². The zero-order chi connectivity index (χ0) is 23.7. The molecule has 0 atom stereocenters. The maximum Gasteiger partial charge on any atom is 0.331 e. The van der Waals surface area contributed by atoms with Crippen molar-refractivity contribution < 1.29 is 27.8 Å². The smallest absolute Gasteiger partial charge is 0.331 e. The largest absolute Gasteiger partial charge is 0.485 e. The Kier molecular flexibility index (Phi) is 5.70. The number of amides is 3. The summed E-state index contributed by atoms with van der Waals surface area (Å²) in [5, 5.41) is 3.08. The van der Waals surface area contributed by atoms with Crippen molar-refractivity contribution in [1.29, 1.82) is 0 Å². The molecule has 0 aliphatic carbocycles. The quantitative estimate of drug-likeness (QED) is 0.613. The zero-order valence-electron chi connectivity index (χ0n) is 18.0. The highest BCUT2D eigenvalue weighted by Crippen LogP contribution is 2.38. The van der Waals surface area contributed by atoms with Gasteiger partial charge in [0.15, 0.2) is 23.1 Å². The molecule has 1 N–H and O–H groups in total. The minimum absolute atomic E-state index is 0.0292. The van der Waals surface area contributed by atoms with Crippen molar-refractivity contribution in [2.75, 3.05) is 36.5 Å². The molecule has 0 unspecified atom stereocenters. The number of hydrogen-bond acceptors (Lipinski definition) is 6. The number of ether oxygens (including phenoxy) is 2. The van der Waals surface area contributed by atoms with Crippen LogP contribution in [0.3, 0.4) is 0 Å². The van der Waals surface area contributed by atoms with Gasteiger partial charge in [-0.2, -0.15) is 0 Å². The number of fused-ring (bicyclic) bond motifs is 1. The summed E-state index contributed by atoms with van der Waals surface area (Å²) in [6.07, 6.45) is 1.38. The van der Waals surface area contributed by atoms with E-state index in [1.54, 1.807) is 12.1 Å². The van der Waals surface area contributed by atoms with Crippen molar-refractivity contribution in [3.8, 4) is 17.2 Å². The highest BCUT2D eigenvalue weighted by molar-refractivity contribution is 6.05. The van der Waals surface area contributed by atoms with Crippen molar-refractivity contribution in [2.45, 2.75) is 6.42 Å². The highest BCUT2D eigenvalue weighted by atomic mass is 19.1. The maximum atomic E-state index is 14.8. The number of halogens is 2. The minimum atomic E-state index is -0.652. The molecular weight excluding hydrogens is 446 g/mol. The first-order valence-electron chi connectivity index (χ1n) is 10.7. The summed E-state index contributed by atoms with van der Waals surface area (Å²) in [4.78, 5) is 32.1. The number of carbonyl (C=O) groups is 2. The van der Waals surface area contributed by atoms with Crippen LogP contribution < -0.4 is 19.7 Å². The number of rotatable bonds is 5. The molecular formula is C24H20F2N4O4. The number of hydrogen-bond donors (Lipinski definition) is 1. The normalized spacial score (nSPS) is 14.9. The van der Waals surface area contributed by atoms with E-state index in [0.717, 1.165) is 4.90 Å². The van der Waals surface area contributed by atoms with Crippen molar-refractivity contribution >= 4 is 23.4 Å². The first-order chi connectivity index (χ1) is 16.5. The molecule has 10 heteroatoms. The lowest BCUT2D eigenvalue weighted by Crippen LogP contribution is -2.37. The average molecular weight is 466 g/mol. The van der Waals surface area contributed by atoms with E-state index in [0.29, 0.717) is 48.3 Å². The molecule has 2 aliphatic heterocycles. The summed E-state index contributed by atoms with van der Waals surface area (Å²) in [5.41, 5.74) is 0.907. The summed E-state index contributed by atoms with van der Waals surface area (Å²) in [6.45, 7) is 1.54. The molecule has 1 fully saturated rings. The van der Waals surface area contributed by atoms with Crippen LogP contribution in [-0.2, 0) is 11.2 Å². The second kappa shape index (κ2) is 8.97. The Morgan fingerprint density at radius 3 is 2.71 bits per heavy atom. The second-order valence-electron chi connectivity index (χ2n) is 7.76. The fourth-order valence-corrected chi connectivity index (χ4v) is 3.85. The van der Waals surface area contributed by atoms with Gasteiger partial charge >= 0.3 is 6.03 Å². The van der Waals surface area contributed by atoms with Gasteiger partial charge in [-0.25, -0.2) is 18.6 Å². The van der Waals surface area contributed by atoms with Crippen LogP contribution >= 0.6 is 0 Å². The third kappa shape index (κ3) is 4.21. The SMILES string of the molecule is O=C(Cc1ccc(Oc2ccnc3c2OCCN3)c(F)c1)N1CCN(c2ccc(F)cc2)C1=O. The number of urea groups is 1. The van der Waals surface area contributed by atoms with Gasteiger partial charge in [0.05, 0.1) is 13.0 Å². The predicted molar refractivity (Wildman–Crippen MR) is 119 cm³/mol. The van der Waals surface area contributed by atoms with Crippen LogP contribution in [0.15, 0.2) is 54.7 Å². The number of carbonyl (C=O) groups excluding carboxylic acids is 2. The molecule has 0 bridgehead atoms. The summed E-state index contributed by atoms with van der Waals surface area (Å²) in [5.74, 6) is -0.291. The van der Waals surface area contributed by atoms with Gasteiger partial charge in [-0.05, 0) is 42.0 Å². The molecule has 3 amide bonds. The number of imide groups is 1. The standard InChI is InChI=1S/C24H20F2N4O4/c25-16-2-4-17(5-3-16)29-10-11-30(24(29)32)21(31)14-15-1-6-19(18(26)13-15)34-20-7-8-27-23-22(20)33-12-9-28-23/h1-8,13H,9-12,14H2,(H,27,28). The molecule has 3 aromatic rings. The molecule has 174 valence electrons. The predicted octanol–water partition coefficient (Wildman–Crippen LogP) is 3.97. The summed E-state index contributed by atoms with van der Waals surface area (Å²) >= 11 is 0. The molecule has 0 spiro atoms. The molecule has 3 heterocycles. The van der Waals surface area contributed by atoms with Crippen molar-refractivity contribution in [3.63, 3.8) is 0 Å². The van der Waals surface area contributed by atoms with Gasteiger partial charge in [-0.1, -0.05) is 6.07 Å². The topological polar surface area (TPSA) is 84.0 Å². The van der Waals surface area contributed by atoms with Crippen LogP contribution in [0.5, 0.6) is 17.2 Å². The number of anilines is 2. The number of nitrogens with zero attached hydrogens (tertiary/aromatic N) is 3. The van der Waals surface area contributed by atoms with E-state index in [1.807, 2.05) is 0 Å². The van der Waals surface area contributed by atoms with E-state index in [4.69, 9.17) is 9.47 Å². The molecule has 2 aromatic carbocycles. The molecule has 1 saturated heterocycles. The molecule has 1 aromatic heterocycles. The van der Waals surface area contributed by atoms with Crippen LogP contribution in [0.25, 0.3) is 0 Å². The summed E-state index contributed by atoms with van der Waals surface area (Å²) < 4.78 is 39.2. The van der Waals surface area contributed by atoms with Gasteiger partial charge in [0.25, 0.3) is 0 Å². The van der Waals surface area contributed by atoms with Crippen LogP contribution in [-0.4, -0.2) is 48.1 Å². The monoisotopic (exact) mass is 466 g/mol. The second-order valence-corrected chi connectivity index (χ2v) is 7.76. The number of benzene rings is 2. The number of aromatic nitrogens is 1. The van der Waals surface area contributed by atoms with Gasteiger partial charge in [-0.15, -0.1) is 0 Å². The molecule has 0 saturated carbocycles. The molecule has 2 aliphatic rings. The van der Waals surface area contributed by atoms with E-state index in [1.165, 1.54) is 47.5 Å². The van der Waals surface area contributed by atoms with E-state index in [9.17, 15) is 18.4 Å². The first-order valence-corrected chi connectivity index (χ1v) is 10.7. The third-order valence-corrected chi connectivity index (χ3v) is 5.53.